The van der Waals surface area contributed by atoms with Gasteiger partial charge in [-0.3, -0.25) is 10.1 Å². The fraction of sp³-hybridized carbons (Fsp3) is 0.333. The molecule has 0 spiro atoms. The lowest BCUT2D eigenvalue weighted by Gasteiger charge is -2.02. The fourth-order valence-corrected chi connectivity index (χ4v) is 1.25. The van der Waals surface area contributed by atoms with Gasteiger partial charge < -0.3 is 4.84 Å². The van der Waals surface area contributed by atoms with E-state index in [0.717, 1.165) is 5.56 Å². The van der Waals surface area contributed by atoms with Gasteiger partial charge in [0.05, 0.1) is 11.5 Å². The summed E-state index contributed by atoms with van der Waals surface area (Å²) in [5.74, 6) is 4.88. The van der Waals surface area contributed by atoms with Gasteiger partial charge in [0.25, 0.3) is 5.69 Å². The third-order valence-electron chi connectivity index (χ3n) is 1.97. The highest BCUT2D eigenvalue weighted by Crippen LogP contribution is 2.18. The van der Waals surface area contributed by atoms with Crippen molar-refractivity contribution in [3.63, 3.8) is 0 Å². The number of nitrogens with two attached hydrogens (primary N) is 1. The van der Waals surface area contributed by atoms with E-state index in [1.807, 2.05) is 0 Å². The molecule has 2 N–H and O–H groups in total. The Bertz CT molecular complexity index is 339. The zero-order valence-electron chi connectivity index (χ0n) is 7.90. The van der Waals surface area contributed by atoms with Crippen LogP contribution in [0.25, 0.3) is 0 Å². The van der Waals surface area contributed by atoms with E-state index in [2.05, 4.69) is 4.84 Å². The topological polar surface area (TPSA) is 78.4 Å². The Morgan fingerprint density at radius 3 is 2.79 bits per heavy atom. The first-order valence-corrected chi connectivity index (χ1v) is 4.20. The molecule has 0 amide bonds. The molecule has 0 heterocycles. The van der Waals surface area contributed by atoms with E-state index in [1.165, 1.54) is 6.07 Å². The molecule has 0 aliphatic heterocycles. The summed E-state index contributed by atoms with van der Waals surface area (Å²) in [5, 5.41) is 10.5. The number of nitro groups is 1. The summed E-state index contributed by atoms with van der Waals surface area (Å²) in [7, 11) is 0. The van der Waals surface area contributed by atoms with E-state index in [9.17, 15) is 10.1 Å². The second-order valence-electron chi connectivity index (χ2n) is 3.00. The van der Waals surface area contributed by atoms with Crippen LogP contribution in [0.4, 0.5) is 5.69 Å². The predicted octanol–water partition coefficient (Wildman–Crippen LogP) is 1.34. The lowest BCUT2D eigenvalue weighted by molar-refractivity contribution is -0.385. The molecule has 0 bridgehead atoms. The van der Waals surface area contributed by atoms with Crippen LogP contribution in [-0.2, 0) is 11.3 Å². The Hall–Kier alpha value is -1.46. The van der Waals surface area contributed by atoms with Crippen LogP contribution < -0.4 is 5.90 Å². The first-order valence-electron chi connectivity index (χ1n) is 4.20. The number of nitro benzene ring substituents is 1. The Morgan fingerprint density at radius 2 is 2.29 bits per heavy atom. The molecule has 0 atom stereocenters. The minimum absolute atomic E-state index is 0.141. The monoisotopic (exact) mass is 196 g/mol. The largest absolute Gasteiger partial charge is 0.304 e. The molecule has 5 heteroatoms. The third-order valence-corrected chi connectivity index (χ3v) is 1.97. The van der Waals surface area contributed by atoms with Crippen molar-refractivity contribution < 1.29 is 9.76 Å². The maximum absolute atomic E-state index is 10.5. The average molecular weight is 196 g/mol. The highest BCUT2D eigenvalue weighted by atomic mass is 16.6. The fourth-order valence-electron chi connectivity index (χ4n) is 1.25. The highest BCUT2D eigenvalue weighted by molar-refractivity contribution is 5.41. The van der Waals surface area contributed by atoms with Crippen LogP contribution in [0.1, 0.15) is 11.1 Å². The minimum atomic E-state index is -0.390. The Balaban J connectivity index is 2.83. The molecular weight excluding hydrogens is 184 g/mol. The molecule has 1 aromatic rings. The SMILES string of the molecule is Cc1cc(CCON)ccc1[N+](=O)[O-]. The van der Waals surface area contributed by atoms with Crippen LogP contribution in [-0.4, -0.2) is 11.5 Å². The summed E-state index contributed by atoms with van der Waals surface area (Å²) in [5.41, 5.74) is 1.78. The zero-order chi connectivity index (χ0) is 10.6. The predicted molar refractivity (Wildman–Crippen MR) is 51.7 cm³/mol. The Morgan fingerprint density at radius 1 is 1.57 bits per heavy atom. The van der Waals surface area contributed by atoms with Crippen molar-refractivity contribution in [1.29, 1.82) is 0 Å². The number of benzene rings is 1. The molecule has 0 aliphatic rings. The second-order valence-corrected chi connectivity index (χ2v) is 3.00. The van der Waals surface area contributed by atoms with Gasteiger partial charge in [0.2, 0.25) is 0 Å². The third kappa shape index (κ3) is 2.51. The normalized spacial score (nSPS) is 10.1. The smallest absolute Gasteiger partial charge is 0.272 e. The van der Waals surface area contributed by atoms with Crippen LogP contribution >= 0.6 is 0 Å². The van der Waals surface area contributed by atoms with Crippen LogP contribution in [0.5, 0.6) is 0 Å². The van der Waals surface area contributed by atoms with Crippen molar-refractivity contribution in [1.82, 2.24) is 0 Å². The number of rotatable bonds is 4. The van der Waals surface area contributed by atoms with Crippen molar-refractivity contribution in [2.24, 2.45) is 5.90 Å². The first kappa shape index (κ1) is 10.6. The Labute approximate surface area is 81.6 Å². The molecule has 0 unspecified atom stereocenters. The van der Waals surface area contributed by atoms with E-state index in [-0.39, 0.29) is 5.69 Å². The maximum Gasteiger partial charge on any atom is 0.272 e. The van der Waals surface area contributed by atoms with E-state index in [1.54, 1.807) is 19.1 Å². The van der Waals surface area contributed by atoms with Gasteiger partial charge in [-0.2, -0.15) is 0 Å². The van der Waals surface area contributed by atoms with Crippen LogP contribution in [0.3, 0.4) is 0 Å². The lowest BCUT2D eigenvalue weighted by atomic mass is 10.1. The van der Waals surface area contributed by atoms with Gasteiger partial charge in [0.15, 0.2) is 0 Å². The second kappa shape index (κ2) is 4.69. The summed E-state index contributed by atoms with van der Waals surface area (Å²) in [6.45, 7) is 2.13. The van der Waals surface area contributed by atoms with E-state index in [4.69, 9.17) is 5.90 Å². The molecular formula is C9H12N2O3. The first-order chi connectivity index (χ1) is 6.65. The molecule has 14 heavy (non-hydrogen) atoms. The molecule has 0 radical (unpaired) electrons. The maximum atomic E-state index is 10.5. The quantitative estimate of drug-likeness (QED) is 0.582. The molecule has 5 nitrogen and oxygen atoms in total. The highest BCUT2D eigenvalue weighted by Gasteiger charge is 2.09. The lowest BCUT2D eigenvalue weighted by Crippen LogP contribution is -2.04. The van der Waals surface area contributed by atoms with E-state index in [0.29, 0.717) is 18.6 Å². The standard InChI is InChI=1S/C9H12N2O3/c1-7-6-8(4-5-14-10)2-3-9(7)11(12)13/h2-3,6H,4-5,10H2,1H3. The molecule has 76 valence electrons. The summed E-state index contributed by atoms with van der Waals surface area (Å²) in [6, 6.07) is 4.99. The Kier molecular flexibility index (Phi) is 3.55. The van der Waals surface area contributed by atoms with Crippen molar-refractivity contribution in [2.75, 3.05) is 6.61 Å². The van der Waals surface area contributed by atoms with Gasteiger partial charge in [-0.25, -0.2) is 5.90 Å². The van der Waals surface area contributed by atoms with Gasteiger partial charge >= 0.3 is 0 Å². The molecule has 1 rings (SSSR count). The minimum Gasteiger partial charge on any atom is -0.304 e. The van der Waals surface area contributed by atoms with E-state index < -0.39 is 4.92 Å². The van der Waals surface area contributed by atoms with Crippen LogP contribution in [0.15, 0.2) is 18.2 Å². The van der Waals surface area contributed by atoms with Crippen LogP contribution in [0, 0.1) is 17.0 Å². The van der Waals surface area contributed by atoms with Gasteiger partial charge in [-0.15, -0.1) is 0 Å². The van der Waals surface area contributed by atoms with Crippen molar-refractivity contribution in [3.05, 3.63) is 39.4 Å². The molecule has 0 aliphatic carbocycles. The summed E-state index contributed by atoms with van der Waals surface area (Å²) < 4.78 is 0. The number of aryl methyl sites for hydroxylation is 1. The van der Waals surface area contributed by atoms with Crippen LogP contribution in [0.2, 0.25) is 0 Å². The number of hydrogen-bond acceptors (Lipinski definition) is 4. The van der Waals surface area contributed by atoms with Crippen molar-refractivity contribution >= 4 is 5.69 Å². The molecule has 0 fully saturated rings. The zero-order valence-corrected chi connectivity index (χ0v) is 7.90. The molecule has 0 saturated heterocycles. The van der Waals surface area contributed by atoms with E-state index >= 15 is 0 Å². The van der Waals surface area contributed by atoms with Gasteiger partial charge in [0, 0.05) is 11.6 Å². The average Bonchev–Trinajstić information content (AvgIpc) is 2.14. The number of nitrogens with zero attached hydrogens (tertiary/aromatic N) is 1. The van der Waals surface area contributed by atoms with Crippen molar-refractivity contribution in [3.8, 4) is 0 Å². The van der Waals surface area contributed by atoms with Gasteiger partial charge in [-0.1, -0.05) is 6.07 Å². The molecule has 1 aromatic carbocycles. The summed E-state index contributed by atoms with van der Waals surface area (Å²) in [6.07, 6.45) is 0.662. The molecule has 0 saturated carbocycles. The molecule has 0 aromatic heterocycles. The van der Waals surface area contributed by atoms with Crippen molar-refractivity contribution in [2.45, 2.75) is 13.3 Å². The summed E-state index contributed by atoms with van der Waals surface area (Å²) >= 11 is 0. The summed E-state index contributed by atoms with van der Waals surface area (Å²) in [4.78, 5) is 14.5. The van der Waals surface area contributed by atoms with Gasteiger partial charge in [0.1, 0.15) is 0 Å². The number of hydrogen-bond donors (Lipinski definition) is 1. The van der Waals surface area contributed by atoms with Gasteiger partial charge in [-0.05, 0) is 25.0 Å².